The lowest BCUT2D eigenvalue weighted by atomic mass is 10.0. The van der Waals surface area contributed by atoms with Crippen LogP contribution in [0, 0.1) is 5.82 Å². The topological polar surface area (TPSA) is 26.3 Å². The first-order valence-electron chi connectivity index (χ1n) is 4.67. The lowest BCUT2D eigenvalue weighted by Crippen LogP contribution is -2.04. The van der Waals surface area contributed by atoms with Gasteiger partial charge in [-0.2, -0.15) is 0 Å². The first-order chi connectivity index (χ1) is 7.20. The Kier molecular flexibility index (Phi) is 4.03. The van der Waals surface area contributed by atoms with Crippen LogP contribution in [0.5, 0.6) is 5.75 Å². The molecule has 0 aliphatic rings. The average Bonchev–Trinajstić information content (AvgIpc) is 2.25. The van der Waals surface area contributed by atoms with E-state index in [9.17, 15) is 9.18 Å². The zero-order valence-electron chi connectivity index (χ0n) is 8.63. The molecule has 1 aromatic rings. The fraction of sp³-hybridized carbons (Fsp3) is 0.250. The van der Waals surface area contributed by atoms with Gasteiger partial charge in [0.05, 0.1) is 12.7 Å². The molecule has 0 aliphatic heterocycles. The van der Waals surface area contributed by atoms with Gasteiger partial charge in [-0.25, -0.2) is 4.39 Å². The van der Waals surface area contributed by atoms with Crippen LogP contribution in [0.15, 0.2) is 30.9 Å². The predicted molar refractivity (Wildman–Crippen MR) is 56.7 cm³/mol. The summed E-state index contributed by atoms with van der Waals surface area (Å²) in [5, 5.41) is 0. The van der Waals surface area contributed by atoms with E-state index in [0.717, 1.165) is 0 Å². The van der Waals surface area contributed by atoms with Gasteiger partial charge >= 0.3 is 0 Å². The minimum atomic E-state index is -0.539. The average molecular weight is 208 g/mol. The van der Waals surface area contributed by atoms with E-state index in [0.29, 0.717) is 6.42 Å². The molecule has 3 heteroatoms. The molecule has 0 fully saturated rings. The van der Waals surface area contributed by atoms with Gasteiger partial charge in [-0.3, -0.25) is 4.79 Å². The number of methoxy groups -OCH3 is 1. The Bertz CT molecular complexity index is 372. The number of ether oxygens (including phenoxy) is 1. The van der Waals surface area contributed by atoms with E-state index in [1.807, 2.05) is 0 Å². The van der Waals surface area contributed by atoms with Crippen LogP contribution in [0.3, 0.4) is 0 Å². The molecule has 0 spiro atoms. The number of halogens is 1. The summed E-state index contributed by atoms with van der Waals surface area (Å²) in [7, 11) is 1.42. The van der Waals surface area contributed by atoms with E-state index in [1.165, 1.54) is 19.2 Å². The van der Waals surface area contributed by atoms with E-state index in [2.05, 4.69) is 6.58 Å². The molecule has 0 heterocycles. The van der Waals surface area contributed by atoms with Crippen LogP contribution in [0.25, 0.3) is 0 Å². The van der Waals surface area contributed by atoms with E-state index in [-0.39, 0.29) is 23.5 Å². The van der Waals surface area contributed by atoms with Gasteiger partial charge in [-0.15, -0.1) is 6.58 Å². The maximum atomic E-state index is 13.4. The molecule has 0 atom stereocenters. The molecule has 0 aliphatic carbocycles. The standard InChI is InChI=1S/C12H13FO2/c1-3-4-7-10(14)12-9(13)6-5-8-11(12)15-2/h3,5-6,8H,1,4,7H2,2H3. The van der Waals surface area contributed by atoms with Crippen molar-refractivity contribution >= 4 is 5.78 Å². The molecule has 2 nitrogen and oxygen atoms in total. The maximum Gasteiger partial charge on any atom is 0.169 e. The third-order valence-electron chi connectivity index (χ3n) is 2.05. The van der Waals surface area contributed by atoms with Gasteiger partial charge in [0.15, 0.2) is 5.78 Å². The van der Waals surface area contributed by atoms with Gasteiger partial charge in [0.25, 0.3) is 0 Å². The third-order valence-corrected chi connectivity index (χ3v) is 2.05. The highest BCUT2D eigenvalue weighted by Gasteiger charge is 2.16. The first-order valence-corrected chi connectivity index (χ1v) is 4.67. The van der Waals surface area contributed by atoms with E-state index >= 15 is 0 Å². The number of allylic oxidation sites excluding steroid dienone is 1. The Morgan fingerprint density at radius 3 is 2.93 bits per heavy atom. The second-order valence-electron chi connectivity index (χ2n) is 3.07. The summed E-state index contributed by atoms with van der Waals surface area (Å²) in [5.41, 5.74) is 0.0295. The number of carbonyl (C=O) groups is 1. The lowest BCUT2D eigenvalue weighted by Gasteiger charge is -2.07. The number of rotatable bonds is 5. The minimum absolute atomic E-state index is 0.0295. The van der Waals surface area contributed by atoms with Crippen molar-refractivity contribution in [3.8, 4) is 5.75 Å². The molecule has 15 heavy (non-hydrogen) atoms. The molecule has 0 unspecified atom stereocenters. The molecule has 0 aromatic heterocycles. The molecular weight excluding hydrogens is 195 g/mol. The van der Waals surface area contributed by atoms with Crippen molar-refractivity contribution < 1.29 is 13.9 Å². The lowest BCUT2D eigenvalue weighted by molar-refractivity contribution is 0.0976. The van der Waals surface area contributed by atoms with Gasteiger partial charge in [0.2, 0.25) is 0 Å². The van der Waals surface area contributed by atoms with Gasteiger partial charge < -0.3 is 4.74 Å². The van der Waals surface area contributed by atoms with Gasteiger partial charge in [0.1, 0.15) is 11.6 Å². The molecule has 0 N–H and O–H groups in total. The molecule has 0 saturated heterocycles. The van der Waals surface area contributed by atoms with Crippen LogP contribution >= 0.6 is 0 Å². The number of hydrogen-bond acceptors (Lipinski definition) is 2. The molecule has 0 saturated carbocycles. The smallest absolute Gasteiger partial charge is 0.169 e. The number of hydrogen-bond donors (Lipinski definition) is 0. The van der Waals surface area contributed by atoms with Crippen LogP contribution < -0.4 is 4.74 Å². The molecule has 80 valence electrons. The van der Waals surface area contributed by atoms with Crippen molar-refractivity contribution in [3.05, 3.63) is 42.2 Å². The summed E-state index contributed by atoms with van der Waals surface area (Å²) in [6.45, 7) is 3.51. The van der Waals surface area contributed by atoms with Gasteiger partial charge in [-0.05, 0) is 18.6 Å². The number of carbonyl (C=O) groups excluding carboxylic acids is 1. The molecule has 0 amide bonds. The number of Topliss-reactive ketones (excluding diaryl/α,β-unsaturated/α-hetero) is 1. The Balaban J connectivity index is 3.00. The quantitative estimate of drug-likeness (QED) is 0.549. The predicted octanol–water partition coefficient (Wildman–Crippen LogP) is 2.98. The second-order valence-corrected chi connectivity index (χ2v) is 3.07. The molecule has 0 radical (unpaired) electrons. The zero-order chi connectivity index (χ0) is 11.3. The summed E-state index contributed by atoms with van der Waals surface area (Å²) in [6, 6.07) is 4.34. The Morgan fingerprint density at radius 2 is 2.33 bits per heavy atom. The summed E-state index contributed by atoms with van der Waals surface area (Å²) in [4.78, 5) is 11.6. The van der Waals surface area contributed by atoms with Crippen LogP contribution in [0.4, 0.5) is 4.39 Å². The number of ketones is 1. The summed E-state index contributed by atoms with van der Waals surface area (Å²) >= 11 is 0. The SMILES string of the molecule is C=CCCC(=O)c1c(F)cccc1OC. The third kappa shape index (κ3) is 2.65. The molecule has 1 rings (SSSR count). The van der Waals surface area contributed by atoms with Gasteiger partial charge in [-0.1, -0.05) is 12.1 Å². The largest absolute Gasteiger partial charge is 0.496 e. The fourth-order valence-electron chi connectivity index (χ4n) is 1.30. The van der Waals surface area contributed by atoms with Gasteiger partial charge in [0, 0.05) is 6.42 Å². The van der Waals surface area contributed by atoms with E-state index < -0.39 is 5.82 Å². The Morgan fingerprint density at radius 1 is 1.60 bits per heavy atom. The zero-order valence-corrected chi connectivity index (χ0v) is 8.63. The first kappa shape index (κ1) is 11.4. The van der Waals surface area contributed by atoms with E-state index in [1.54, 1.807) is 12.1 Å². The number of benzene rings is 1. The summed E-state index contributed by atoms with van der Waals surface area (Å²) < 4.78 is 18.3. The van der Waals surface area contributed by atoms with Crippen molar-refractivity contribution in [1.82, 2.24) is 0 Å². The minimum Gasteiger partial charge on any atom is -0.496 e. The van der Waals surface area contributed by atoms with Crippen molar-refractivity contribution in [2.75, 3.05) is 7.11 Å². The van der Waals surface area contributed by atoms with Crippen LogP contribution in [0.1, 0.15) is 23.2 Å². The molecule has 0 bridgehead atoms. The van der Waals surface area contributed by atoms with Crippen molar-refractivity contribution in [3.63, 3.8) is 0 Å². The maximum absolute atomic E-state index is 13.4. The normalized spacial score (nSPS) is 9.73. The van der Waals surface area contributed by atoms with Crippen molar-refractivity contribution in [1.29, 1.82) is 0 Å². The second kappa shape index (κ2) is 5.29. The monoisotopic (exact) mass is 208 g/mol. The highest BCUT2D eigenvalue weighted by Crippen LogP contribution is 2.23. The van der Waals surface area contributed by atoms with Crippen LogP contribution in [0.2, 0.25) is 0 Å². The summed E-state index contributed by atoms with van der Waals surface area (Å²) in [6.07, 6.45) is 2.42. The van der Waals surface area contributed by atoms with Crippen molar-refractivity contribution in [2.24, 2.45) is 0 Å². The molecular formula is C12H13FO2. The molecule has 1 aromatic carbocycles. The van der Waals surface area contributed by atoms with E-state index in [4.69, 9.17) is 4.74 Å². The fourth-order valence-corrected chi connectivity index (χ4v) is 1.30. The Hall–Kier alpha value is -1.64. The highest BCUT2D eigenvalue weighted by molar-refractivity contribution is 5.98. The highest BCUT2D eigenvalue weighted by atomic mass is 19.1. The van der Waals surface area contributed by atoms with Crippen LogP contribution in [-0.4, -0.2) is 12.9 Å². The van der Waals surface area contributed by atoms with Crippen molar-refractivity contribution in [2.45, 2.75) is 12.8 Å². The summed E-state index contributed by atoms with van der Waals surface area (Å²) in [5.74, 6) is -0.516. The van der Waals surface area contributed by atoms with Crippen LogP contribution in [-0.2, 0) is 0 Å². The Labute approximate surface area is 88.4 Å².